The quantitative estimate of drug-likeness (QED) is 0.853. The van der Waals surface area contributed by atoms with Crippen molar-refractivity contribution in [3.05, 3.63) is 16.3 Å². The SMILES string of the molecule is Cc1nc(NCCCN2CCOCC2)c2c3c(sc2n1)CCC3. The Balaban J connectivity index is 1.43. The van der Waals surface area contributed by atoms with E-state index in [9.17, 15) is 0 Å². The van der Waals surface area contributed by atoms with Crippen LogP contribution in [0.5, 0.6) is 0 Å². The van der Waals surface area contributed by atoms with Gasteiger partial charge in [0.1, 0.15) is 16.5 Å². The van der Waals surface area contributed by atoms with Gasteiger partial charge in [-0.2, -0.15) is 0 Å². The van der Waals surface area contributed by atoms with Crippen molar-refractivity contribution in [1.29, 1.82) is 0 Å². The zero-order valence-corrected chi connectivity index (χ0v) is 14.5. The molecule has 4 rings (SSSR count). The van der Waals surface area contributed by atoms with Gasteiger partial charge >= 0.3 is 0 Å². The third kappa shape index (κ3) is 3.20. The Hall–Kier alpha value is -1.24. The molecule has 0 saturated carbocycles. The molecule has 1 aliphatic heterocycles. The third-order valence-corrected chi connectivity index (χ3v) is 5.91. The summed E-state index contributed by atoms with van der Waals surface area (Å²) in [6.45, 7) is 7.96. The highest BCUT2D eigenvalue weighted by Gasteiger charge is 2.21. The first-order chi connectivity index (χ1) is 11.3. The average Bonchev–Trinajstić information content (AvgIpc) is 3.12. The lowest BCUT2D eigenvalue weighted by Gasteiger charge is -2.26. The number of aryl methyl sites for hydroxylation is 3. The monoisotopic (exact) mass is 332 g/mol. The molecular weight excluding hydrogens is 308 g/mol. The molecule has 0 atom stereocenters. The van der Waals surface area contributed by atoms with Crippen LogP contribution in [0.1, 0.15) is 29.1 Å². The van der Waals surface area contributed by atoms with Crippen LogP contribution < -0.4 is 5.32 Å². The molecule has 2 aromatic heterocycles. The number of anilines is 1. The van der Waals surface area contributed by atoms with E-state index in [1.807, 2.05) is 18.3 Å². The number of hydrogen-bond acceptors (Lipinski definition) is 6. The van der Waals surface area contributed by atoms with Gasteiger partial charge in [0.05, 0.1) is 18.6 Å². The zero-order chi connectivity index (χ0) is 15.6. The number of ether oxygens (including phenoxy) is 1. The molecule has 6 heteroatoms. The van der Waals surface area contributed by atoms with Gasteiger partial charge in [0, 0.05) is 24.5 Å². The highest BCUT2D eigenvalue weighted by molar-refractivity contribution is 7.19. The van der Waals surface area contributed by atoms with Gasteiger partial charge < -0.3 is 10.1 Å². The van der Waals surface area contributed by atoms with E-state index in [1.54, 1.807) is 0 Å². The van der Waals surface area contributed by atoms with Crippen LogP contribution in [0.25, 0.3) is 10.2 Å². The lowest BCUT2D eigenvalue weighted by atomic mass is 10.2. The summed E-state index contributed by atoms with van der Waals surface area (Å²) in [5.41, 5.74) is 1.50. The fraction of sp³-hybridized carbons (Fsp3) is 0.647. The number of fused-ring (bicyclic) bond motifs is 3. The molecule has 1 aliphatic carbocycles. The summed E-state index contributed by atoms with van der Waals surface area (Å²) in [6, 6.07) is 0. The topological polar surface area (TPSA) is 50.3 Å². The van der Waals surface area contributed by atoms with Crippen LogP contribution in [0.2, 0.25) is 0 Å². The van der Waals surface area contributed by atoms with E-state index in [-0.39, 0.29) is 0 Å². The molecule has 1 saturated heterocycles. The number of nitrogens with zero attached hydrogens (tertiary/aromatic N) is 3. The van der Waals surface area contributed by atoms with Gasteiger partial charge in [0.2, 0.25) is 0 Å². The first kappa shape index (κ1) is 15.3. The van der Waals surface area contributed by atoms with Crippen LogP contribution in [0.4, 0.5) is 5.82 Å². The number of thiophene rings is 1. The molecule has 5 nitrogen and oxygen atoms in total. The molecule has 2 aliphatic rings. The van der Waals surface area contributed by atoms with Crippen LogP contribution in [0.3, 0.4) is 0 Å². The van der Waals surface area contributed by atoms with Gasteiger partial charge in [-0.1, -0.05) is 0 Å². The van der Waals surface area contributed by atoms with Crippen LogP contribution >= 0.6 is 11.3 Å². The molecule has 0 amide bonds. The van der Waals surface area contributed by atoms with E-state index < -0.39 is 0 Å². The van der Waals surface area contributed by atoms with Crippen LogP contribution in [-0.4, -0.2) is 54.3 Å². The molecule has 0 aromatic carbocycles. The fourth-order valence-electron chi connectivity index (χ4n) is 3.56. The molecule has 23 heavy (non-hydrogen) atoms. The minimum atomic E-state index is 0.869. The van der Waals surface area contributed by atoms with Gasteiger partial charge in [0.15, 0.2) is 0 Å². The maximum atomic E-state index is 5.40. The molecule has 124 valence electrons. The third-order valence-electron chi connectivity index (χ3n) is 4.72. The smallest absolute Gasteiger partial charge is 0.138 e. The summed E-state index contributed by atoms with van der Waals surface area (Å²) in [6.07, 6.45) is 4.81. The minimum Gasteiger partial charge on any atom is -0.379 e. The van der Waals surface area contributed by atoms with Gasteiger partial charge in [0.25, 0.3) is 0 Å². The van der Waals surface area contributed by atoms with Crippen molar-refractivity contribution >= 4 is 27.4 Å². The van der Waals surface area contributed by atoms with Crippen LogP contribution in [-0.2, 0) is 17.6 Å². The second kappa shape index (κ2) is 6.71. The van der Waals surface area contributed by atoms with E-state index in [0.29, 0.717) is 0 Å². The minimum absolute atomic E-state index is 0.869. The molecule has 0 bridgehead atoms. The van der Waals surface area contributed by atoms with E-state index in [0.717, 1.165) is 62.3 Å². The molecule has 1 fully saturated rings. The Kier molecular flexibility index (Phi) is 4.46. The molecule has 2 aromatic rings. The highest BCUT2D eigenvalue weighted by Crippen LogP contribution is 2.39. The number of rotatable bonds is 5. The Morgan fingerprint density at radius 3 is 2.96 bits per heavy atom. The second-order valence-corrected chi connectivity index (χ2v) is 7.47. The first-order valence-corrected chi connectivity index (χ1v) is 9.46. The van der Waals surface area contributed by atoms with E-state index in [4.69, 9.17) is 4.74 Å². The lowest BCUT2D eigenvalue weighted by molar-refractivity contribution is 0.0378. The summed E-state index contributed by atoms with van der Waals surface area (Å²) in [4.78, 5) is 14.5. The van der Waals surface area contributed by atoms with Gasteiger partial charge in [-0.3, -0.25) is 4.90 Å². The van der Waals surface area contributed by atoms with Gasteiger partial charge in [-0.15, -0.1) is 11.3 Å². The van der Waals surface area contributed by atoms with Gasteiger partial charge in [-0.25, -0.2) is 9.97 Å². The summed E-state index contributed by atoms with van der Waals surface area (Å²) in [7, 11) is 0. The molecule has 0 spiro atoms. The predicted molar refractivity (Wildman–Crippen MR) is 94.5 cm³/mol. The molecule has 3 heterocycles. The zero-order valence-electron chi connectivity index (χ0n) is 13.7. The molecule has 0 unspecified atom stereocenters. The maximum Gasteiger partial charge on any atom is 0.138 e. The summed E-state index contributed by atoms with van der Waals surface area (Å²) in [5.74, 6) is 1.92. The number of aromatic nitrogens is 2. The van der Waals surface area contributed by atoms with Crippen molar-refractivity contribution in [2.24, 2.45) is 0 Å². The normalized spacial score (nSPS) is 18.5. The van der Waals surface area contributed by atoms with E-state index >= 15 is 0 Å². The van der Waals surface area contributed by atoms with Crippen LogP contribution in [0, 0.1) is 6.92 Å². The summed E-state index contributed by atoms with van der Waals surface area (Å²) in [5, 5.41) is 4.87. The molecular formula is C17H24N4OS. The largest absolute Gasteiger partial charge is 0.379 e. The van der Waals surface area contributed by atoms with Crippen LogP contribution in [0.15, 0.2) is 0 Å². The highest BCUT2D eigenvalue weighted by atomic mass is 32.1. The molecule has 1 N–H and O–H groups in total. The Bertz CT molecular complexity index is 693. The van der Waals surface area contributed by atoms with Crippen molar-refractivity contribution < 1.29 is 4.74 Å². The maximum absolute atomic E-state index is 5.40. The Morgan fingerprint density at radius 2 is 2.09 bits per heavy atom. The van der Waals surface area contributed by atoms with Crippen molar-refractivity contribution in [2.45, 2.75) is 32.6 Å². The Labute approximate surface area is 141 Å². The standard InChI is InChI=1S/C17H24N4OS/c1-12-19-16(18-6-3-7-21-8-10-22-11-9-21)15-13-4-2-5-14(13)23-17(15)20-12/h2-11H2,1H3,(H,18,19,20). The van der Waals surface area contributed by atoms with E-state index in [2.05, 4.69) is 20.2 Å². The summed E-state index contributed by atoms with van der Waals surface area (Å²) >= 11 is 1.86. The van der Waals surface area contributed by atoms with Crippen molar-refractivity contribution in [3.63, 3.8) is 0 Å². The lowest BCUT2D eigenvalue weighted by Crippen LogP contribution is -2.37. The van der Waals surface area contributed by atoms with Gasteiger partial charge in [-0.05, 0) is 44.7 Å². The summed E-state index contributed by atoms with van der Waals surface area (Å²) < 4.78 is 5.40. The second-order valence-electron chi connectivity index (χ2n) is 6.39. The van der Waals surface area contributed by atoms with E-state index in [1.165, 1.54) is 35.1 Å². The number of hydrogen-bond donors (Lipinski definition) is 1. The fourth-order valence-corrected chi connectivity index (χ4v) is 4.87. The van der Waals surface area contributed by atoms with Crippen molar-refractivity contribution in [1.82, 2.24) is 14.9 Å². The first-order valence-electron chi connectivity index (χ1n) is 8.64. The predicted octanol–water partition coefficient (Wildman–Crippen LogP) is 2.62. The number of nitrogens with one attached hydrogen (secondary N) is 1. The number of morpholine rings is 1. The van der Waals surface area contributed by atoms with Crippen molar-refractivity contribution in [2.75, 3.05) is 44.7 Å². The van der Waals surface area contributed by atoms with Crippen molar-refractivity contribution in [3.8, 4) is 0 Å². The average molecular weight is 332 g/mol. The molecule has 0 radical (unpaired) electrons. The Morgan fingerprint density at radius 1 is 1.22 bits per heavy atom.